The zero-order valence-corrected chi connectivity index (χ0v) is 14.8. The second-order valence-corrected chi connectivity index (χ2v) is 6.22. The molecule has 0 saturated heterocycles. The molecule has 0 unspecified atom stereocenters. The van der Waals surface area contributed by atoms with E-state index in [0.717, 1.165) is 11.3 Å². The van der Waals surface area contributed by atoms with Crippen molar-refractivity contribution < 1.29 is 13.6 Å². The molecule has 1 atom stereocenters. The van der Waals surface area contributed by atoms with E-state index in [9.17, 15) is 9.18 Å². The molecule has 26 heavy (non-hydrogen) atoms. The Bertz CT molecular complexity index is 922. The number of nitrogens with one attached hydrogen (secondary N) is 1. The molecule has 0 spiro atoms. The van der Waals surface area contributed by atoms with Crippen LogP contribution in [0.1, 0.15) is 16.1 Å². The third-order valence-corrected chi connectivity index (χ3v) is 4.28. The molecule has 2 aromatic heterocycles. The highest BCUT2D eigenvalue weighted by molar-refractivity contribution is 6.31. The summed E-state index contributed by atoms with van der Waals surface area (Å²) in [6.45, 7) is 0.200. The van der Waals surface area contributed by atoms with Crippen LogP contribution in [0.25, 0.3) is 11.3 Å². The summed E-state index contributed by atoms with van der Waals surface area (Å²) in [5, 5.41) is 6.97. The molecule has 2 heterocycles. The number of amides is 1. The van der Waals surface area contributed by atoms with E-state index in [1.54, 1.807) is 42.2 Å². The first-order chi connectivity index (χ1) is 12.5. The predicted molar refractivity (Wildman–Crippen MR) is 96.3 cm³/mol. The van der Waals surface area contributed by atoms with Crippen molar-refractivity contribution in [1.29, 1.82) is 0 Å². The highest BCUT2D eigenvalue weighted by atomic mass is 35.5. The van der Waals surface area contributed by atoms with Crippen molar-refractivity contribution in [2.75, 3.05) is 6.54 Å². The van der Waals surface area contributed by atoms with Gasteiger partial charge in [-0.15, -0.1) is 0 Å². The molecule has 6 nitrogen and oxygen atoms in total. The first-order valence-corrected chi connectivity index (χ1v) is 8.39. The molecular formula is C18H18ClFN4O2. The molecule has 0 radical (unpaired) electrons. The number of aryl methyl sites for hydroxylation is 1. The number of nitrogens with zero attached hydrogens (tertiary/aromatic N) is 2. The highest BCUT2D eigenvalue weighted by Crippen LogP contribution is 2.30. The largest absolute Gasteiger partial charge is 0.439 e. The van der Waals surface area contributed by atoms with Gasteiger partial charge in [0, 0.05) is 31.9 Å². The summed E-state index contributed by atoms with van der Waals surface area (Å²) in [6, 6.07) is 9.14. The molecule has 3 N–H and O–H groups in total. The zero-order valence-electron chi connectivity index (χ0n) is 14.1. The van der Waals surface area contributed by atoms with Crippen molar-refractivity contribution in [2.24, 2.45) is 12.8 Å². The van der Waals surface area contributed by atoms with Crippen LogP contribution < -0.4 is 11.1 Å². The van der Waals surface area contributed by atoms with E-state index in [1.807, 2.05) is 0 Å². The summed E-state index contributed by atoms with van der Waals surface area (Å²) in [6.07, 6.45) is 2.03. The van der Waals surface area contributed by atoms with Crippen LogP contribution >= 0.6 is 11.6 Å². The molecule has 0 bridgehead atoms. The minimum atomic E-state index is -0.438. The molecule has 0 saturated carbocycles. The van der Waals surface area contributed by atoms with Gasteiger partial charge in [-0.25, -0.2) is 4.39 Å². The van der Waals surface area contributed by atoms with Crippen molar-refractivity contribution in [3.63, 3.8) is 0 Å². The Hall–Kier alpha value is -2.64. The smallest absolute Gasteiger partial charge is 0.287 e. The maximum Gasteiger partial charge on any atom is 0.287 e. The zero-order chi connectivity index (χ0) is 18.7. The molecule has 0 fully saturated rings. The Labute approximate surface area is 154 Å². The standard InChI is InChI=1S/C18H18ClFN4O2/c1-24-15(5-6-22-24)14-9-16(26-17(14)19)18(25)23-13(10-21)8-11-3-2-4-12(20)7-11/h2-7,9,13H,8,10,21H2,1H3,(H,23,25)/t13-/m0/s1. The van der Waals surface area contributed by atoms with E-state index < -0.39 is 5.91 Å². The van der Waals surface area contributed by atoms with Crippen LogP contribution in [0.5, 0.6) is 0 Å². The summed E-state index contributed by atoms with van der Waals surface area (Å²) < 4.78 is 20.3. The lowest BCUT2D eigenvalue weighted by molar-refractivity contribution is 0.0910. The van der Waals surface area contributed by atoms with E-state index in [2.05, 4.69) is 10.4 Å². The molecule has 0 aliphatic carbocycles. The Morgan fingerprint density at radius 3 is 2.88 bits per heavy atom. The monoisotopic (exact) mass is 376 g/mol. The average Bonchev–Trinajstić information content (AvgIpc) is 3.19. The average molecular weight is 377 g/mol. The summed E-state index contributed by atoms with van der Waals surface area (Å²) >= 11 is 6.12. The minimum absolute atomic E-state index is 0.0730. The maximum atomic E-state index is 13.3. The molecule has 1 amide bonds. The molecular weight excluding hydrogens is 359 g/mol. The molecule has 0 aliphatic heterocycles. The lowest BCUT2D eigenvalue weighted by Gasteiger charge is -2.16. The van der Waals surface area contributed by atoms with Crippen molar-refractivity contribution in [1.82, 2.24) is 15.1 Å². The lowest BCUT2D eigenvalue weighted by Crippen LogP contribution is -2.41. The Morgan fingerprint density at radius 1 is 1.42 bits per heavy atom. The number of carbonyl (C=O) groups is 1. The first kappa shape index (κ1) is 18.2. The second kappa shape index (κ2) is 7.72. The number of carbonyl (C=O) groups excluding carboxylic acids is 1. The van der Waals surface area contributed by atoms with Crippen molar-refractivity contribution in [3.8, 4) is 11.3 Å². The van der Waals surface area contributed by atoms with Gasteiger partial charge in [0.2, 0.25) is 5.22 Å². The predicted octanol–water partition coefficient (Wildman–Crippen LogP) is 2.77. The third-order valence-electron chi connectivity index (χ3n) is 4.00. The normalized spacial score (nSPS) is 12.2. The van der Waals surface area contributed by atoms with Gasteiger partial charge in [0.15, 0.2) is 5.76 Å². The molecule has 3 aromatic rings. The fraction of sp³-hybridized carbons (Fsp3) is 0.222. The van der Waals surface area contributed by atoms with Gasteiger partial charge in [0.1, 0.15) is 5.82 Å². The molecule has 0 aliphatic rings. The number of nitrogens with two attached hydrogens (primary N) is 1. The van der Waals surface area contributed by atoms with Crippen LogP contribution in [0.2, 0.25) is 5.22 Å². The second-order valence-electron chi connectivity index (χ2n) is 5.88. The number of halogens is 2. The van der Waals surface area contributed by atoms with E-state index >= 15 is 0 Å². The van der Waals surface area contributed by atoms with E-state index in [1.165, 1.54) is 12.1 Å². The fourth-order valence-corrected chi connectivity index (χ4v) is 2.93. The highest BCUT2D eigenvalue weighted by Gasteiger charge is 2.21. The van der Waals surface area contributed by atoms with Gasteiger partial charge in [-0.3, -0.25) is 9.48 Å². The van der Waals surface area contributed by atoms with Crippen LogP contribution in [0.3, 0.4) is 0 Å². The SMILES string of the molecule is Cn1nccc1-c1cc(C(=O)N[C@H](CN)Cc2cccc(F)c2)oc1Cl. The Kier molecular flexibility index (Phi) is 5.39. The Balaban J connectivity index is 1.73. The van der Waals surface area contributed by atoms with Crippen molar-refractivity contribution in [3.05, 3.63) is 65.0 Å². The minimum Gasteiger partial charge on any atom is -0.439 e. The number of hydrogen-bond donors (Lipinski definition) is 2. The van der Waals surface area contributed by atoms with Crippen LogP contribution in [0.15, 0.2) is 47.0 Å². The molecule has 3 rings (SSSR count). The van der Waals surface area contributed by atoms with E-state index in [4.69, 9.17) is 21.8 Å². The maximum absolute atomic E-state index is 13.3. The van der Waals surface area contributed by atoms with Crippen molar-refractivity contribution in [2.45, 2.75) is 12.5 Å². The van der Waals surface area contributed by atoms with Crippen LogP contribution in [-0.4, -0.2) is 28.3 Å². The van der Waals surface area contributed by atoms with Crippen LogP contribution in [0.4, 0.5) is 4.39 Å². The summed E-state index contributed by atoms with van der Waals surface area (Å²) in [4.78, 5) is 12.5. The van der Waals surface area contributed by atoms with Gasteiger partial charge in [0.25, 0.3) is 5.91 Å². The van der Waals surface area contributed by atoms with E-state index in [0.29, 0.717) is 12.0 Å². The van der Waals surface area contributed by atoms with Gasteiger partial charge in [0.05, 0.1) is 11.3 Å². The summed E-state index contributed by atoms with van der Waals surface area (Å²) in [5.41, 5.74) is 7.79. The van der Waals surface area contributed by atoms with Gasteiger partial charge in [-0.05, 0) is 41.8 Å². The quantitative estimate of drug-likeness (QED) is 0.692. The van der Waals surface area contributed by atoms with E-state index in [-0.39, 0.29) is 29.4 Å². The molecule has 136 valence electrons. The summed E-state index contributed by atoms with van der Waals surface area (Å²) in [5.74, 6) is -0.695. The number of aromatic nitrogens is 2. The van der Waals surface area contributed by atoms with Crippen LogP contribution in [0, 0.1) is 5.82 Å². The van der Waals surface area contributed by atoms with Gasteiger partial charge in [-0.2, -0.15) is 5.10 Å². The fourth-order valence-electron chi connectivity index (χ4n) is 2.69. The molecule has 8 heteroatoms. The third kappa shape index (κ3) is 3.95. The van der Waals surface area contributed by atoms with Gasteiger partial charge in [-0.1, -0.05) is 12.1 Å². The molecule has 1 aromatic carbocycles. The van der Waals surface area contributed by atoms with Gasteiger partial charge < -0.3 is 15.5 Å². The number of benzene rings is 1. The van der Waals surface area contributed by atoms with Crippen molar-refractivity contribution >= 4 is 17.5 Å². The topological polar surface area (TPSA) is 86.1 Å². The van der Waals surface area contributed by atoms with Crippen LogP contribution in [-0.2, 0) is 13.5 Å². The lowest BCUT2D eigenvalue weighted by atomic mass is 10.1. The number of furan rings is 1. The number of hydrogen-bond acceptors (Lipinski definition) is 4. The Morgan fingerprint density at radius 2 is 2.23 bits per heavy atom. The first-order valence-electron chi connectivity index (χ1n) is 8.01. The number of rotatable bonds is 6. The summed E-state index contributed by atoms with van der Waals surface area (Å²) in [7, 11) is 1.77. The van der Waals surface area contributed by atoms with Gasteiger partial charge >= 0.3 is 0 Å².